The van der Waals surface area contributed by atoms with Crippen molar-refractivity contribution in [3.8, 4) is 22.5 Å². The van der Waals surface area contributed by atoms with Crippen LogP contribution in [0, 0.1) is 18.8 Å². The van der Waals surface area contributed by atoms with Crippen molar-refractivity contribution in [1.29, 1.82) is 0 Å². The molecule has 3 fully saturated rings. The molecule has 266 valence electrons. The Morgan fingerprint density at radius 2 is 1.63 bits per heavy atom. The van der Waals surface area contributed by atoms with E-state index in [9.17, 15) is 14.4 Å². The van der Waals surface area contributed by atoms with Gasteiger partial charge in [-0.3, -0.25) is 24.3 Å². The van der Waals surface area contributed by atoms with Crippen LogP contribution in [0.4, 0.5) is 5.69 Å². The third-order valence-electron chi connectivity index (χ3n) is 11.0. The Morgan fingerprint density at radius 3 is 2.24 bits per heavy atom. The molecule has 13 heteroatoms. The number of nitrogens with two attached hydrogens (primary N) is 2. The molecule has 2 aromatic heterocycles. The summed E-state index contributed by atoms with van der Waals surface area (Å²) >= 11 is 0. The van der Waals surface area contributed by atoms with Gasteiger partial charge in [-0.1, -0.05) is 24.3 Å². The number of hydrogen-bond acceptors (Lipinski definition) is 9. The minimum Gasteiger partial charge on any atom is -0.368 e. The lowest BCUT2D eigenvalue weighted by Gasteiger charge is -2.35. The number of benzene rings is 2. The second-order valence-electron chi connectivity index (χ2n) is 14.4. The summed E-state index contributed by atoms with van der Waals surface area (Å²) in [6.45, 7) is 2.58. The summed E-state index contributed by atoms with van der Waals surface area (Å²) in [6, 6.07) is 17.1. The monoisotopic (exact) mass is 690 g/mol. The first-order chi connectivity index (χ1) is 24.7. The van der Waals surface area contributed by atoms with Gasteiger partial charge in [-0.25, -0.2) is 0 Å². The van der Waals surface area contributed by atoms with Crippen molar-refractivity contribution in [3.05, 3.63) is 77.6 Å². The highest BCUT2D eigenvalue weighted by molar-refractivity contribution is 6.02. The standard InChI is InChI=1S/C38H46N10O3/c1-22-16-33(37(50)43-30-18-28-12-13-29(19-30)42-28)41-21-32(22)25-6-2-23(3-7-25)17-34(35(40)49)48(38(51)27-8-4-24(20-39)5-9-27)31-14-10-26(11-15-31)36-44-46-47-45-36/h2-3,6-7,10-11,14-16,21,24,27-30,34,42H,4-5,8-9,12-13,17-20,39H2,1H3,(H2,40,49)(H,43,50)(H,44,45,46,47)/t24?,27?,28-,29+,30?,34-/m0/s1. The van der Waals surface area contributed by atoms with Gasteiger partial charge < -0.3 is 22.1 Å². The molecule has 1 saturated carbocycles. The number of hydrogen-bond donors (Lipinski definition) is 5. The van der Waals surface area contributed by atoms with Gasteiger partial charge >= 0.3 is 0 Å². The molecule has 2 saturated heterocycles. The van der Waals surface area contributed by atoms with Crippen molar-refractivity contribution in [1.82, 2.24) is 36.2 Å². The van der Waals surface area contributed by atoms with E-state index >= 15 is 0 Å². The molecular weight excluding hydrogens is 644 g/mol. The molecule has 7 rings (SSSR count). The van der Waals surface area contributed by atoms with Gasteiger partial charge in [0, 0.05) is 53.5 Å². The zero-order valence-electron chi connectivity index (χ0n) is 28.9. The number of aromatic amines is 1. The van der Waals surface area contributed by atoms with Gasteiger partial charge in [0.1, 0.15) is 11.7 Å². The average Bonchev–Trinajstić information content (AvgIpc) is 3.81. The number of primary amides is 1. The van der Waals surface area contributed by atoms with Gasteiger partial charge in [0.25, 0.3) is 5.91 Å². The van der Waals surface area contributed by atoms with Gasteiger partial charge in [0.15, 0.2) is 0 Å². The van der Waals surface area contributed by atoms with Crippen molar-refractivity contribution >= 4 is 23.4 Å². The zero-order chi connectivity index (χ0) is 35.5. The largest absolute Gasteiger partial charge is 0.368 e. The highest BCUT2D eigenvalue weighted by atomic mass is 16.2. The number of nitrogens with one attached hydrogen (secondary N) is 3. The first-order valence-corrected chi connectivity index (χ1v) is 18.0. The summed E-state index contributed by atoms with van der Waals surface area (Å²) in [5, 5.41) is 21.0. The van der Waals surface area contributed by atoms with Crippen molar-refractivity contribution in [2.24, 2.45) is 23.3 Å². The summed E-state index contributed by atoms with van der Waals surface area (Å²) < 4.78 is 0. The van der Waals surface area contributed by atoms with Crippen molar-refractivity contribution < 1.29 is 14.4 Å². The lowest BCUT2D eigenvalue weighted by Crippen LogP contribution is -2.52. The molecule has 4 atom stereocenters. The molecule has 0 radical (unpaired) electrons. The van der Waals surface area contributed by atoms with Crippen LogP contribution in [0.25, 0.3) is 22.5 Å². The molecule has 51 heavy (non-hydrogen) atoms. The number of rotatable bonds is 11. The maximum absolute atomic E-state index is 14.2. The van der Waals surface area contributed by atoms with Gasteiger partial charge in [-0.15, -0.1) is 10.2 Å². The fraction of sp³-hybridized carbons (Fsp3) is 0.447. The number of nitrogens with zero attached hydrogens (tertiary/aromatic N) is 5. The summed E-state index contributed by atoms with van der Waals surface area (Å²) in [6.07, 6.45) is 9.42. The Morgan fingerprint density at radius 1 is 0.941 bits per heavy atom. The fourth-order valence-electron chi connectivity index (χ4n) is 8.14. The van der Waals surface area contributed by atoms with Crippen LogP contribution in [0.2, 0.25) is 0 Å². The number of amides is 3. The summed E-state index contributed by atoms with van der Waals surface area (Å²) in [5.41, 5.74) is 17.3. The topological polar surface area (TPSA) is 198 Å². The van der Waals surface area contributed by atoms with Crippen LogP contribution in [-0.4, -0.2) is 74.0 Å². The smallest absolute Gasteiger partial charge is 0.270 e. The third-order valence-corrected chi connectivity index (χ3v) is 11.0. The van der Waals surface area contributed by atoms with E-state index in [4.69, 9.17) is 11.5 Å². The van der Waals surface area contributed by atoms with Crippen molar-refractivity contribution in [3.63, 3.8) is 0 Å². The third kappa shape index (κ3) is 7.69. The Bertz CT molecular complexity index is 1830. The molecule has 1 unspecified atom stereocenters. The van der Waals surface area contributed by atoms with Crippen LogP contribution < -0.4 is 27.0 Å². The normalized spacial score (nSPS) is 23.4. The first kappa shape index (κ1) is 34.4. The van der Waals surface area contributed by atoms with Gasteiger partial charge in [0.2, 0.25) is 17.6 Å². The van der Waals surface area contributed by atoms with E-state index < -0.39 is 11.9 Å². The molecule has 0 spiro atoms. The minimum atomic E-state index is -0.914. The second-order valence-corrected chi connectivity index (χ2v) is 14.4. The summed E-state index contributed by atoms with van der Waals surface area (Å²) in [5.74, 6) is -0.237. The minimum absolute atomic E-state index is 0.114. The van der Waals surface area contributed by atoms with Crippen LogP contribution in [-0.2, 0) is 16.0 Å². The molecular formula is C38H46N10O3. The van der Waals surface area contributed by atoms with Crippen molar-refractivity contribution in [2.45, 2.75) is 88.9 Å². The predicted octanol–water partition coefficient (Wildman–Crippen LogP) is 3.44. The number of carbonyl (C=O) groups excluding carboxylic acids is 3. The molecule has 2 bridgehead atoms. The molecule has 4 aromatic rings. The Labute approximate surface area is 297 Å². The summed E-state index contributed by atoms with van der Waals surface area (Å²) in [4.78, 5) is 46.6. The fourth-order valence-corrected chi connectivity index (χ4v) is 8.14. The molecule has 2 aliphatic heterocycles. The quantitative estimate of drug-likeness (QED) is 0.157. The Kier molecular flexibility index (Phi) is 10.2. The highest BCUT2D eigenvalue weighted by Crippen LogP contribution is 2.33. The molecule has 7 N–H and O–H groups in total. The van der Waals surface area contributed by atoms with E-state index in [1.807, 2.05) is 37.3 Å². The molecule has 1 aliphatic carbocycles. The lowest BCUT2D eigenvalue weighted by molar-refractivity contribution is -0.127. The predicted molar refractivity (Wildman–Crippen MR) is 193 cm³/mol. The van der Waals surface area contributed by atoms with Gasteiger partial charge in [0.05, 0.1) is 0 Å². The van der Waals surface area contributed by atoms with Crippen LogP contribution in [0.1, 0.15) is 73.0 Å². The van der Waals surface area contributed by atoms with Crippen LogP contribution >= 0.6 is 0 Å². The number of tetrazole rings is 1. The van der Waals surface area contributed by atoms with E-state index in [0.29, 0.717) is 54.6 Å². The van der Waals surface area contributed by atoms with Crippen LogP contribution in [0.3, 0.4) is 0 Å². The number of carbonyl (C=O) groups is 3. The number of aromatic nitrogens is 5. The van der Waals surface area contributed by atoms with Crippen molar-refractivity contribution in [2.75, 3.05) is 11.4 Å². The molecule has 3 amide bonds. The van der Waals surface area contributed by atoms with E-state index in [1.54, 1.807) is 35.4 Å². The van der Waals surface area contributed by atoms with Crippen LogP contribution in [0.5, 0.6) is 0 Å². The van der Waals surface area contributed by atoms with E-state index in [0.717, 1.165) is 53.5 Å². The number of H-pyrrole nitrogens is 1. The molecule has 4 heterocycles. The lowest BCUT2D eigenvalue weighted by atomic mass is 9.81. The average molecular weight is 691 g/mol. The van der Waals surface area contributed by atoms with E-state index in [1.165, 1.54) is 12.8 Å². The Hall–Kier alpha value is -5.01. The number of anilines is 1. The SMILES string of the molecule is Cc1cc(C(=O)NC2C[C@H]3CC[C@@H](C2)N3)ncc1-c1ccc(C[C@@H](C(N)=O)N(C(=O)C2CCC(CN)CC2)c2ccc(-c3nn[nH]n3)cc2)cc1. The molecule has 2 aromatic carbocycles. The maximum atomic E-state index is 14.2. The number of aryl methyl sites for hydroxylation is 1. The highest BCUT2D eigenvalue weighted by Gasteiger charge is 2.36. The number of piperidine rings is 1. The maximum Gasteiger partial charge on any atom is 0.270 e. The first-order valence-electron chi connectivity index (χ1n) is 18.0. The summed E-state index contributed by atoms with van der Waals surface area (Å²) in [7, 11) is 0. The molecule has 13 nitrogen and oxygen atoms in total. The van der Waals surface area contributed by atoms with Crippen LogP contribution in [0.15, 0.2) is 60.8 Å². The Balaban J connectivity index is 1.08. The van der Waals surface area contributed by atoms with Gasteiger partial charge in [-0.05, 0) is 123 Å². The van der Waals surface area contributed by atoms with E-state index in [2.05, 4.69) is 36.2 Å². The zero-order valence-corrected chi connectivity index (χ0v) is 28.9. The number of pyridine rings is 1. The second kappa shape index (κ2) is 15.1. The van der Waals surface area contributed by atoms with Gasteiger partial charge in [-0.2, -0.15) is 5.21 Å². The number of fused-ring (bicyclic) bond motifs is 2. The van der Waals surface area contributed by atoms with E-state index in [-0.39, 0.29) is 30.2 Å². The molecule has 3 aliphatic rings.